The Hall–Kier alpha value is -2.57. The summed E-state index contributed by atoms with van der Waals surface area (Å²) in [6.45, 7) is 0. The highest BCUT2D eigenvalue weighted by atomic mass is 16.1. The lowest BCUT2D eigenvalue weighted by molar-refractivity contribution is 0.102. The molecule has 0 aliphatic rings. The lowest BCUT2D eigenvalue weighted by atomic mass is 10.2. The zero-order valence-electron chi connectivity index (χ0n) is 9.08. The predicted octanol–water partition coefficient (Wildman–Crippen LogP) is 0.561. The van der Waals surface area contributed by atoms with E-state index >= 15 is 0 Å². The summed E-state index contributed by atoms with van der Waals surface area (Å²) in [5.41, 5.74) is 1.10. The first-order valence-electron chi connectivity index (χ1n) is 4.88. The Morgan fingerprint density at radius 2 is 2.18 bits per heavy atom. The third-order valence-corrected chi connectivity index (χ3v) is 2.04. The molecule has 0 fully saturated rings. The molecule has 7 nitrogen and oxygen atoms in total. The minimum Gasteiger partial charge on any atom is -0.386 e. The molecule has 17 heavy (non-hydrogen) atoms. The van der Waals surface area contributed by atoms with Crippen LogP contribution < -0.4 is 10.6 Å². The third-order valence-electron chi connectivity index (χ3n) is 2.04. The molecule has 86 valence electrons. The second kappa shape index (κ2) is 4.97. The third kappa shape index (κ3) is 2.51. The van der Waals surface area contributed by atoms with E-state index in [4.69, 9.17) is 0 Å². The van der Waals surface area contributed by atoms with Crippen molar-refractivity contribution in [2.75, 3.05) is 17.7 Å². The normalized spacial score (nSPS) is 9.71. The molecule has 0 bridgehead atoms. The summed E-state index contributed by atoms with van der Waals surface area (Å²) in [5.74, 6) is -0.152. The fraction of sp³-hybridized carbons (Fsp3) is 0.100. The summed E-state index contributed by atoms with van der Waals surface area (Å²) >= 11 is 0. The van der Waals surface area contributed by atoms with Crippen LogP contribution in [-0.2, 0) is 0 Å². The molecule has 0 saturated heterocycles. The SMILES string of the molecule is CNc1cnccc1C(=O)Nc1nccnn1. The van der Waals surface area contributed by atoms with Gasteiger partial charge in [-0.2, -0.15) is 5.10 Å². The van der Waals surface area contributed by atoms with E-state index in [1.54, 1.807) is 25.5 Å². The molecule has 0 aromatic carbocycles. The Kier molecular flexibility index (Phi) is 3.20. The zero-order chi connectivity index (χ0) is 12.1. The Balaban J connectivity index is 2.20. The first-order valence-corrected chi connectivity index (χ1v) is 4.88. The quantitative estimate of drug-likeness (QED) is 0.800. The molecule has 0 radical (unpaired) electrons. The van der Waals surface area contributed by atoms with Gasteiger partial charge in [-0.3, -0.25) is 15.1 Å². The molecule has 0 aliphatic heterocycles. The van der Waals surface area contributed by atoms with Gasteiger partial charge in [0.15, 0.2) is 0 Å². The van der Waals surface area contributed by atoms with Crippen LogP contribution in [0, 0.1) is 0 Å². The Morgan fingerprint density at radius 1 is 1.29 bits per heavy atom. The summed E-state index contributed by atoms with van der Waals surface area (Å²) in [7, 11) is 1.72. The average Bonchev–Trinajstić information content (AvgIpc) is 2.40. The van der Waals surface area contributed by atoms with Crippen LogP contribution in [0.5, 0.6) is 0 Å². The standard InChI is InChI=1S/C10H10N6O/c1-11-8-6-12-3-2-7(8)9(17)15-10-13-4-5-14-16-10/h2-6,11H,1H3,(H,13,15,16,17). The zero-order valence-corrected chi connectivity index (χ0v) is 9.08. The maximum atomic E-state index is 11.9. The van der Waals surface area contributed by atoms with Crippen molar-refractivity contribution in [1.82, 2.24) is 20.2 Å². The van der Waals surface area contributed by atoms with Crippen LogP contribution in [0.25, 0.3) is 0 Å². The maximum absolute atomic E-state index is 11.9. The average molecular weight is 230 g/mol. The van der Waals surface area contributed by atoms with Crippen LogP contribution in [-0.4, -0.2) is 33.1 Å². The van der Waals surface area contributed by atoms with Gasteiger partial charge in [0.2, 0.25) is 5.95 Å². The van der Waals surface area contributed by atoms with Gasteiger partial charge in [-0.1, -0.05) is 0 Å². The molecular weight excluding hydrogens is 220 g/mol. The lowest BCUT2D eigenvalue weighted by Gasteiger charge is -2.07. The second-order valence-corrected chi connectivity index (χ2v) is 3.09. The van der Waals surface area contributed by atoms with Gasteiger partial charge >= 0.3 is 0 Å². The minimum absolute atomic E-state index is 0.163. The van der Waals surface area contributed by atoms with Gasteiger partial charge in [0.05, 0.1) is 29.8 Å². The number of hydrogen-bond acceptors (Lipinski definition) is 6. The van der Waals surface area contributed by atoms with Crippen molar-refractivity contribution >= 4 is 17.5 Å². The molecule has 2 heterocycles. The van der Waals surface area contributed by atoms with Crippen LogP contribution in [0.4, 0.5) is 11.6 Å². The molecule has 2 N–H and O–H groups in total. The van der Waals surface area contributed by atoms with Gasteiger partial charge < -0.3 is 5.32 Å². The summed E-state index contributed by atoms with van der Waals surface area (Å²) in [5, 5.41) is 12.7. The van der Waals surface area contributed by atoms with Crippen molar-refractivity contribution in [1.29, 1.82) is 0 Å². The number of carbonyl (C=O) groups is 1. The van der Waals surface area contributed by atoms with Gasteiger partial charge in [0.1, 0.15) is 0 Å². The molecule has 0 aliphatic carbocycles. The number of carbonyl (C=O) groups excluding carboxylic acids is 1. The highest BCUT2D eigenvalue weighted by Crippen LogP contribution is 2.13. The van der Waals surface area contributed by atoms with Crippen molar-refractivity contribution in [3.63, 3.8) is 0 Å². The molecule has 0 unspecified atom stereocenters. The van der Waals surface area contributed by atoms with E-state index in [0.717, 1.165) is 0 Å². The largest absolute Gasteiger partial charge is 0.386 e. The summed E-state index contributed by atoms with van der Waals surface area (Å²) in [6, 6.07) is 1.61. The summed E-state index contributed by atoms with van der Waals surface area (Å²) in [6.07, 6.45) is 5.99. The van der Waals surface area contributed by atoms with Crippen LogP contribution in [0.1, 0.15) is 10.4 Å². The van der Waals surface area contributed by atoms with E-state index in [0.29, 0.717) is 11.3 Å². The predicted molar refractivity (Wildman–Crippen MR) is 61.6 cm³/mol. The van der Waals surface area contributed by atoms with Crippen LogP contribution >= 0.6 is 0 Å². The highest BCUT2D eigenvalue weighted by Gasteiger charge is 2.11. The van der Waals surface area contributed by atoms with Crippen molar-refractivity contribution in [2.24, 2.45) is 0 Å². The highest BCUT2D eigenvalue weighted by molar-refractivity contribution is 6.07. The van der Waals surface area contributed by atoms with Gasteiger partial charge in [-0.05, 0) is 6.07 Å². The molecule has 0 saturated carbocycles. The van der Waals surface area contributed by atoms with Gasteiger partial charge in [0, 0.05) is 13.2 Å². The molecule has 0 spiro atoms. The molecule has 7 heteroatoms. The second-order valence-electron chi connectivity index (χ2n) is 3.09. The molecule has 2 aromatic rings. The monoisotopic (exact) mass is 230 g/mol. The maximum Gasteiger partial charge on any atom is 0.260 e. The van der Waals surface area contributed by atoms with E-state index in [-0.39, 0.29) is 11.9 Å². The van der Waals surface area contributed by atoms with E-state index in [1.807, 2.05) is 0 Å². The fourth-order valence-electron chi connectivity index (χ4n) is 1.27. The van der Waals surface area contributed by atoms with Crippen molar-refractivity contribution in [2.45, 2.75) is 0 Å². The number of nitrogens with zero attached hydrogens (tertiary/aromatic N) is 4. The van der Waals surface area contributed by atoms with Crippen LogP contribution in [0.2, 0.25) is 0 Å². The van der Waals surface area contributed by atoms with E-state index in [1.165, 1.54) is 12.4 Å². The minimum atomic E-state index is -0.315. The van der Waals surface area contributed by atoms with Crippen molar-refractivity contribution in [3.05, 3.63) is 36.4 Å². The molecule has 2 aromatic heterocycles. The number of amides is 1. The van der Waals surface area contributed by atoms with E-state index < -0.39 is 0 Å². The Bertz CT molecular complexity index is 515. The van der Waals surface area contributed by atoms with E-state index in [2.05, 4.69) is 30.8 Å². The van der Waals surface area contributed by atoms with E-state index in [9.17, 15) is 4.79 Å². The number of rotatable bonds is 3. The molecule has 1 amide bonds. The number of aromatic nitrogens is 4. The number of nitrogens with one attached hydrogen (secondary N) is 2. The Morgan fingerprint density at radius 3 is 2.88 bits per heavy atom. The van der Waals surface area contributed by atoms with Crippen molar-refractivity contribution < 1.29 is 4.79 Å². The van der Waals surface area contributed by atoms with Gasteiger partial charge in [0.25, 0.3) is 5.91 Å². The summed E-state index contributed by atoms with van der Waals surface area (Å²) < 4.78 is 0. The smallest absolute Gasteiger partial charge is 0.260 e. The first kappa shape index (κ1) is 10.9. The molecule has 0 atom stereocenters. The van der Waals surface area contributed by atoms with Crippen LogP contribution in [0.3, 0.4) is 0 Å². The topological polar surface area (TPSA) is 92.7 Å². The van der Waals surface area contributed by atoms with Gasteiger partial charge in [-0.25, -0.2) is 4.98 Å². The van der Waals surface area contributed by atoms with Crippen molar-refractivity contribution in [3.8, 4) is 0 Å². The molecular formula is C10H10N6O. The van der Waals surface area contributed by atoms with Crippen LogP contribution in [0.15, 0.2) is 30.9 Å². The Labute approximate surface area is 97.3 Å². The lowest BCUT2D eigenvalue weighted by Crippen LogP contribution is -2.16. The first-order chi connectivity index (χ1) is 8.31. The summed E-state index contributed by atoms with van der Waals surface area (Å²) in [4.78, 5) is 19.7. The molecule has 2 rings (SSSR count). The van der Waals surface area contributed by atoms with Gasteiger partial charge in [-0.15, -0.1) is 5.10 Å². The number of hydrogen-bond donors (Lipinski definition) is 2. The number of pyridine rings is 1. The fourth-order valence-corrected chi connectivity index (χ4v) is 1.27. The number of anilines is 2.